The lowest BCUT2D eigenvalue weighted by molar-refractivity contribution is 0.251. The van der Waals surface area contributed by atoms with Gasteiger partial charge in [-0.3, -0.25) is 0 Å². The predicted octanol–water partition coefficient (Wildman–Crippen LogP) is 2.26. The number of carbonyl (C=O) groups is 1. The van der Waals surface area contributed by atoms with Crippen LogP contribution in [0.4, 0.5) is 10.5 Å². The van der Waals surface area contributed by atoms with Crippen LogP contribution in [0.2, 0.25) is 0 Å². The van der Waals surface area contributed by atoms with Gasteiger partial charge in [-0.15, -0.1) is 0 Å². The molecule has 0 bridgehead atoms. The second-order valence-corrected chi connectivity index (χ2v) is 6.78. The highest BCUT2D eigenvalue weighted by molar-refractivity contribution is 7.89. The quantitative estimate of drug-likeness (QED) is 0.782. The Morgan fingerprint density at radius 3 is 2.26 bits per heavy atom. The Morgan fingerprint density at radius 1 is 1.09 bits per heavy atom. The Hall–Kier alpha value is -2.38. The van der Waals surface area contributed by atoms with Crippen LogP contribution in [-0.4, -0.2) is 21.0 Å². The number of primary sulfonamides is 1. The fourth-order valence-corrected chi connectivity index (χ4v) is 2.56. The van der Waals surface area contributed by atoms with Gasteiger partial charge in [0.1, 0.15) is 0 Å². The number of nitrogens with one attached hydrogen (secondary N) is 2. The summed E-state index contributed by atoms with van der Waals surface area (Å²) in [6, 6.07) is 15.2. The molecule has 2 aromatic rings. The SMILES string of the molecule is CC(CNC(=O)Nc1ccc(S(N)(=O)=O)cc1)c1ccccc1. The van der Waals surface area contributed by atoms with Crippen LogP contribution in [0.5, 0.6) is 0 Å². The smallest absolute Gasteiger partial charge is 0.319 e. The maximum absolute atomic E-state index is 11.9. The van der Waals surface area contributed by atoms with E-state index in [0.29, 0.717) is 12.2 Å². The highest BCUT2D eigenvalue weighted by Gasteiger charge is 2.09. The van der Waals surface area contributed by atoms with Gasteiger partial charge in [-0.1, -0.05) is 37.3 Å². The third-order valence-electron chi connectivity index (χ3n) is 3.38. The van der Waals surface area contributed by atoms with Crippen LogP contribution in [0.15, 0.2) is 59.5 Å². The lowest BCUT2D eigenvalue weighted by atomic mass is 10.0. The van der Waals surface area contributed by atoms with Crippen molar-refractivity contribution in [2.45, 2.75) is 17.7 Å². The highest BCUT2D eigenvalue weighted by Crippen LogP contribution is 2.14. The Kier molecular flexibility index (Phi) is 5.36. The number of anilines is 1. The van der Waals surface area contributed by atoms with E-state index in [2.05, 4.69) is 10.6 Å². The summed E-state index contributed by atoms with van der Waals surface area (Å²) in [5.74, 6) is 0.187. The van der Waals surface area contributed by atoms with Gasteiger partial charge in [0, 0.05) is 12.2 Å². The molecule has 0 fully saturated rings. The molecule has 0 aliphatic heterocycles. The van der Waals surface area contributed by atoms with Gasteiger partial charge < -0.3 is 10.6 Å². The van der Waals surface area contributed by atoms with E-state index in [1.165, 1.54) is 24.3 Å². The van der Waals surface area contributed by atoms with Gasteiger partial charge >= 0.3 is 6.03 Å². The van der Waals surface area contributed by atoms with Crippen LogP contribution in [0, 0.1) is 0 Å². The molecule has 7 heteroatoms. The lowest BCUT2D eigenvalue weighted by Crippen LogP contribution is -2.31. The summed E-state index contributed by atoms with van der Waals surface area (Å²) in [6.45, 7) is 2.52. The summed E-state index contributed by atoms with van der Waals surface area (Å²) in [6.07, 6.45) is 0. The zero-order chi connectivity index (χ0) is 16.9. The number of nitrogens with two attached hydrogens (primary N) is 1. The zero-order valence-corrected chi connectivity index (χ0v) is 13.5. The molecule has 0 radical (unpaired) electrons. The number of hydrogen-bond acceptors (Lipinski definition) is 3. The summed E-state index contributed by atoms with van der Waals surface area (Å²) < 4.78 is 22.3. The van der Waals surface area contributed by atoms with E-state index < -0.39 is 10.0 Å². The van der Waals surface area contributed by atoms with E-state index in [1.807, 2.05) is 37.3 Å². The van der Waals surface area contributed by atoms with E-state index in [1.54, 1.807) is 0 Å². The molecule has 1 atom stereocenters. The highest BCUT2D eigenvalue weighted by atomic mass is 32.2. The second kappa shape index (κ2) is 7.26. The second-order valence-electron chi connectivity index (χ2n) is 5.22. The first kappa shape index (κ1) is 17.0. The van der Waals surface area contributed by atoms with Crippen LogP contribution in [-0.2, 0) is 10.0 Å². The van der Waals surface area contributed by atoms with Crippen molar-refractivity contribution in [1.29, 1.82) is 0 Å². The summed E-state index contributed by atoms with van der Waals surface area (Å²) in [4.78, 5) is 11.9. The molecule has 0 spiro atoms. The number of sulfonamides is 1. The number of rotatable bonds is 5. The normalized spacial score (nSPS) is 12.4. The van der Waals surface area contributed by atoms with E-state index >= 15 is 0 Å². The van der Waals surface area contributed by atoms with Crippen LogP contribution in [0.3, 0.4) is 0 Å². The number of urea groups is 1. The van der Waals surface area contributed by atoms with Gasteiger partial charge in [-0.25, -0.2) is 18.4 Å². The first-order valence-electron chi connectivity index (χ1n) is 7.09. The van der Waals surface area contributed by atoms with Crippen molar-refractivity contribution < 1.29 is 13.2 Å². The molecule has 4 N–H and O–H groups in total. The van der Waals surface area contributed by atoms with Crippen LogP contribution in [0.1, 0.15) is 18.4 Å². The topological polar surface area (TPSA) is 101 Å². The molecule has 1 unspecified atom stereocenters. The van der Waals surface area contributed by atoms with Crippen LogP contribution >= 0.6 is 0 Å². The van der Waals surface area contributed by atoms with E-state index in [4.69, 9.17) is 5.14 Å². The molecule has 0 saturated carbocycles. The van der Waals surface area contributed by atoms with Crippen molar-refractivity contribution >= 4 is 21.7 Å². The van der Waals surface area contributed by atoms with Gasteiger partial charge in [0.2, 0.25) is 10.0 Å². The van der Waals surface area contributed by atoms with Crippen molar-refractivity contribution in [2.24, 2.45) is 5.14 Å². The minimum atomic E-state index is -3.73. The molecule has 6 nitrogen and oxygen atoms in total. The standard InChI is InChI=1S/C16H19N3O3S/c1-12(13-5-3-2-4-6-13)11-18-16(20)19-14-7-9-15(10-8-14)23(17,21)22/h2-10,12H,11H2,1H3,(H2,17,21,22)(H2,18,19,20). The van der Waals surface area contributed by atoms with E-state index in [-0.39, 0.29) is 16.8 Å². The van der Waals surface area contributed by atoms with Crippen molar-refractivity contribution in [3.8, 4) is 0 Å². The predicted molar refractivity (Wildman–Crippen MR) is 89.7 cm³/mol. The summed E-state index contributed by atoms with van der Waals surface area (Å²) in [5, 5.41) is 10.4. The largest absolute Gasteiger partial charge is 0.337 e. The summed E-state index contributed by atoms with van der Waals surface area (Å²) in [7, 11) is -3.73. The molecule has 0 saturated heterocycles. The number of benzene rings is 2. The molecular formula is C16H19N3O3S. The molecule has 0 aliphatic carbocycles. The van der Waals surface area contributed by atoms with Crippen LogP contribution < -0.4 is 15.8 Å². The van der Waals surface area contributed by atoms with Crippen molar-refractivity contribution in [3.05, 3.63) is 60.2 Å². The molecule has 0 aromatic heterocycles. The molecular weight excluding hydrogens is 314 g/mol. The molecule has 0 heterocycles. The van der Waals surface area contributed by atoms with Gasteiger partial charge in [0.25, 0.3) is 0 Å². The fourth-order valence-electron chi connectivity index (χ4n) is 2.05. The maximum Gasteiger partial charge on any atom is 0.319 e. The van der Waals surface area contributed by atoms with Gasteiger partial charge in [-0.05, 0) is 35.7 Å². The van der Waals surface area contributed by atoms with Crippen molar-refractivity contribution in [2.75, 3.05) is 11.9 Å². The average Bonchev–Trinajstić information content (AvgIpc) is 2.53. The number of amides is 2. The Bertz CT molecular complexity index is 759. The number of carbonyl (C=O) groups excluding carboxylic acids is 1. The summed E-state index contributed by atoms with van der Waals surface area (Å²) in [5.41, 5.74) is 1.63. The Balaban J connectivity index is 1.87. The zero-order valence-electron chi connectivity index (χ0n) is 12.7. The summed E-state index contributed by atoms with van der Waals surface area (Å²) >= 11 is 0. The van der Waals surface area contributed by atoms with Crippen LogP contribution in [0.25, 0.3) is 0 Å². The molecule has 2 amide bonds. The Labute approximate surface area is 135 Å². The first-order valence-corrected chi connectivity index (χ1v) is 8.63. The number of hydrogen-bond donors (Lipinski definition) is 3. The first-order chi connectivity index (χ1) is 10.9. The van der Waals surface area contributed by atoms with Gasteiger partial charge in [-0.2, -0.15) is 0 Å². The van der Waals surface area contributed by atoms with Gasteiger partial charge in [0.15, 0.2) is 0 Å². The van der Waals surface area contributed by atoms with Crippen molar-refractivity contribution in [1.82, 2.24) is 5.32 Å². The van der Waals surface area contributed by atoms with E-state index in [0.717, 1.165) is 5.56 Å². The maximum atomic E-state index is 11.9. The molecule has 2 aromatic carbocycles. The van der Waals surface area contributed by atoms with Gasteiger partial charge in [0.05, 0.1) is 4.90 Å². The molecule has 23 heavy (non-hydrogen) atoms. The minimum absolute atomic E-state index is 0.00107. The molecule has 0 aliphatic rings. The lowest BCUT2D eigenvalue weighted by Gasteiger charge is -2.13. The molecule has 122 valence electrons. The fraction of sp³-hybridized carbons (Fsp3) is 0.188. The third kappa shape index (κ3) is 5.08. The van der Waals surface area contributed by atoms with Crippen molar-refractivity contribution in [3.63, 3.8) is 0 Å². The van der Waals surface area contributed by atoms with E-state index in [9.17, 15) is 13.2 Å². The average molecular weight is 333 g/mol. The third-order valence-corrected chi connectivity index (χ3v) is 4.31. The Morgan fingerprint density at radius 2 is 1.70 bits per heavy atom. The monoisotopic (exact) mass is 333 g/mol. The minimum Gasteiger partial charge on any atom is -0.337 e. The molecule has 2 rings (SSSR count).